The van der Waals surface area contributed by atoms with Gasteiger partial charge in [0.1, 0.15) is 0 Å². The van der Waals surface area contributed by atoms with Crippen molar-refractivity contribution >= 4 is 39.7 Å². The Morgan fingerprint density at radius 2 is 2.11 bits per heavy atom. The maximum atomic E-state index is 11.7. The summed E-state index contributed by atoms with van der Waals surface area (Å²) in [7, 11) is 0. The van der Waals surface area contributed by atoms with Gasteiger partial charge in [0.15, 0.2) is 5.13 Å². The lowest BCUT2D eigenvalue weighted by atomic mass is 9.98. The predicted octanol–water partition coefficient (Wildman–Crippen LogP) is 2.86. The third kappa shape index (κ3) is 1.85. The highest BCUT2D eigenvalue weighted by molar-refractivity contribution is 7.13. The molecule has 2 aromatic rings. The number of nitrogen functional groups attached to an aromatic ring is 1. The normalized spacial score (nSPS) is 18.8. The smallest absolute Gasteiger partial charge is 0.230 e. The van der Waals surface area contributed by atoms with Crippen molar-refractivity contribution in [2.24, 2.45) is 0 Å². The van der Waals surface area contributed by atoms with Gasteiger partial charge in [-0.05, 0) is 24.3 Å². The Labute approximate surface area is 113 Å². The zero-order valence-electron chi connectivity index (χ0n) is 9.34. The van der Waals surface area contributed by atoms with Crippen molar-refractivity contribution in [3.63, 3.8) is 0 Å². The number of hydrogen-bond donors (Lipinski definition) is 1. The Morgan fingerprint density at radius 1 is 1.39 bits per heavy atom. The second-order valence-electron chi connectivity index (χ2n) is 4.07. The molecule has 92 valence electrons. The molecule has 0 radical (unpaired) electrons. The Kier molecular flexibility index (Phi) is 2.72. The van der Waals surface area contributed by atoms with Crippen molar-refractivity contribution in [3.8, 4) is 0 Å². The summed E-state index contributed by atoms with van der Waals surface area (Å²) >= 11 is 7.23. The molecule has 0 bridgehead atoms. The molecular formula is C12H10ClN3OS. The first-order valence-corrected chi connectivity index (χ1v) is 6.69. The molecule has 6 heteroatoms. The van der Waals surface area contributed by atoms with E-state index in [4.69, 9.17) is 17.3 Å². The maximum Gasteiger partial charge on any atom is 0.230 e. The minimum Gasteiger partial charge on any atom is -0.375 e. The molecule has 3 rings (SSSR count). The third-order valence-electron chi connectivity index (χ3n) is 2.93. The van der Waals surface area contributed by atoms with E-state index < -0.39 is 0 Å². The van der Waals surface area contributed by atoms with E-state index >= 15 is 0 Å². The highest BCUT2D eigenvalue weighted by atomic mass is 35.5. The molecule has 4 nitrogen and oxygen atoms in total. The highest BCUT2D eigenvalue weighted by Crippen LogP contribution is 2.39. The predicted molar refractivity (Wildman–Crippen MR) is 72.8 cm³/mol. The van der Waals surface area contributed by atoms with Crippen LogP contribution in [0.5, 0.6) is 0 Å². The van der Waals surface area contributed by atoms with Gasteiger partial charge in [0, 0.05) is 16.1 Å². The van der Waals surface area contributed by atoms with Crippen molar-refractivity contribution in [1.29, 1.82) is 0 Å². The zero-order chi connectivity index (χ0) is 12.7. The zero-order valence-corrected chi connectivity index (χ0v) is 10.9. The third-order valence-corrected chi connectivity index (χ3v) is 3.88. The molecule has 0 aliphatic carbocycles. The number of thiazole rings is 1. The van der Waals surface area contributed by atoms with Crippen LogP contribution in [0.15, 0.2) is 29.6 Å². The van der Waals surface area contributed by atoms with Crippen molar-refractivity contribution < 1.29 is 4.79 Å². The fourth-order valence-electron chi connectivity index (χ4n) is 2.03. The van der Waals surface area contributed by atoms with Gasteiger partial charge in [-0.3, -0.25) is 4.79 Å². The van der Waals surface area contributed by atoms with Gasteiger partial charge in [-0.15, -0.1) is 11.3 Å². The summed E-state index contributed by atoms with van der Waals surface area (Å²) in [5.41, 5.74) is 7.31. The summed E-state index contributed by atoms with van der Waals surface area (Å²) in [5, 5.41) is 3.08. The minimum atomic E-state index is -0.00720. The van der Waals surface area contributed by atoms with Crippen LogP contribution in [0.4, 0.5) is 10.8 Å². The molecule has 1 atom stereocenters. The van der Waals surface area contributed by atoms with Gasteiger partial charge < -0.3 is 10.6 Å². The van der Waals surface area contributed by atoms with Crippen molar-refractivity contribution in [2.75, 3.05) is 10.6 Å². The molecule has 1 fully saturated rings. The van der Waals surface area contributed by atoms with E-state index in [0.29, 0.717) is 16.6 Å². The number of carbonyl (C=O) groups is 1. The first kappa shape index (κ1) is 11.5. The molecule has 2 heterocycles. The van der Waals surface area contributed by atoms with Crippen LogP contribution in [-0.4, -0.2) is 10.9 Å². The molecule has 1 aliphatic rings. The number of halogens is 1. The monoisotopic (exact) mass is 279 g/mol. The molecule has 1 saturated heterocycles. The van der Waals surface area contributed by atoms with Crippen LogP contribution in [0, 0.1) is 0 Å². The second kappa shape index (κ2) is 4.26. The number of anilines is 2. The lowest BCUT2D eigenvalue weighted by molar-refractivity contribution is -0.124. The first-order chi connectivity index (χ1) is 8.65. The molecule has 1 amide bonds. The minimum absolute atomic E-state index is 0.00720. The Hall–Kier alpha value is -1.59. The lowest BCUT2D eigenvalue weighted by Crippen LogP contribution is -2.46. The van der Waals surface area contributed by atoms with Gasteiger partial charge >= 0.3 is 0 Å². The molecule has 1 unspecified atom stereocenters. The highest BCUT2D eigenvalue weighted by Gasteiger charge is 2.39. The van der Waals surface area contributed by atoms with Gasteiger partial charge in [0.25, 0.3) is 0 Å². The maximum absolute atomic E-state index is 11.7. The fourth-order valence-corrected chi connectivity index (χ4v) is 2.77. The van der Waals surface area contributed by atoms with Crippen LogP contribution in [0.3, 0.4) is 0 Å². The Bertz CT molecular complexity index is 596. The number of aromatic nitrogens is 1. The molecule has 0 spiro atoms. The van der Waals surface area contributed by atoms with E-state index in [1.165, 1.54) is 11.3 Å². The lowest BCUT2D eigenvalue weighted by Gasteiger charge is -2.39. The molecule has 1 aliphatic heterocycles. The van der Waals surface area contributed by atoms with Crippen LogP contribution < -0.4 is 10.6 Å². The number of nitrogens with two attached hydrogens (primary N) is 1. The summed E-state index contributed by atoms with van der Waals surface area (Å²) in [6.07, 6.45) is 0.478. The molecule has 1 aromatic heterocycles. The summed E-state index contributed by atoms with van der Waals surface area (Å²) in [5.74, 6) is 0.0916. The standard InChI is InChI=1S/C12H10ClN3OS/c13-7-1-3-8(4-2-7)16-10(5-11(16)17)9-6-18-12(14)15-9/h1-4,6,10H,5H2,(H2,14,15). The number of rotatable bonds is 2. The van der Waals surface area contributed by atoms with Gasteiger partial charge in [0.2, 0.25) is 5.91 Å². The summed E-state index contributed by atoms with van der Waals surface area (Å²) in [6.45, 7) is 0. The number of benzene rings is 1. The van der Waals surface area contributed by atoms with Gasteiger partial charge in [0.05, 0.1) is 18.2 Å². The Morgan fingerprint density at radius 3 is 2.67 bits per heavy atom. The van der Waals surface area contributed by atoms with Crippen LogP contribution in [0.1, 0.15) is 18.2 Å². The van der Waals surface area contributed by atoms with E-state index in [0.717, 1.165) is 11.4 Å². The van der Waals surface area contributed by atoms with Crippen LogP contribution >= 0.6 is 22.9 Å². The number of hydrogen-bond acceptors (Lipinski definition) is 4. The van der Waals surface area contributed by atoms with Crippen LogP contribution in [0.2, 0.25) is 5.02 Å². The largest absolute Gasteiger partial charge is 0.375 e. The number of β-lactam (4-membered cyclic amide) rings is 1. The topological polar surface area (TPSA) is 59.2 Å². The van der Waals surface area contributed by atoms with E-state index in [-0.39, 0.29) is 11.9 Å². The van der Waals surface area contributed by atoms with Crippen molar-refractivity contribution in [3.05, 3.63) is 40.4 Å². The number of amides is 1. The van der Waals surface area contributed by atoms with Crippen LogP contribution in [-0.2, 0) is 4.79 Å². The summed E-state index contributed by atoms with van der Waals surface area (Å²) in [4.78, 5) is 17.7. The van der Waals surface area contributed by atoms with E-state index in [1.54, 1.807) is 17.0 Å². The average Bonchev–Trinajstić information content (AvgIpc) is 2.75. The second-order valence-corrected chi connectivity index (χ2v) is 5.40. The quantitative estimate of drug-likeness (QED) is 0.860. The van der Waals surface area contributed by atoms with E-state index in [9.17, 15) is 4.79 Å². The SMILES string of the molecule is Nc1nc(C2CC(=O)N2c2ccc(Cl)cc2)cs1. The molecule has 0 saturated carbocycles. The van der Waals surface area contributed by atoms with Crippen LogP contribution in [0.25, 0.3) is 0 Å². The van der Waals surface area contributed by atoms with Crippen molar-refractivity contribution in [1.82, 2.24) is 4.98 Å². The van der Waals surface area contributed by atoms with Gasteiger partial charge in [-0.2, -0.15) is 0 Å². The Balaban J connectivity index is 1.90. The fraction of sp³-hybridized carbons (Fsp3) is 0.167. The van der Waals surface area contributed by atoms with E-state index in [1.807, 2.05) is 17.5 Å². The van der Waals surface area contributed by atoms with Gasteiger partial charge in [-0.1, -0.05) is 11.6 Å². The molecule has 18 heavy (non-hydrogen) atoms. The number of carbonyl (C=O) groups excluding carboxylic acids is 1. The molecular weight excluding hydrogens is 270 g/mol. The van der Waals surface area contributed by atoms with Gasteiger partial charge in [-0.25, -0.2) is 4.98 Å². The van der Waals surface area contributed by atoms with E-state index in [2.05, 4.69) is 4.98 Å². The first-order valence-electron chi connectivity index (χ1n) is 5.43. The van der Waals surface area contributed by atoms with Crippen molar-refractivity contribution in [2.45, 2.75) is 12.5 Å². The molecule has 1 aromatic carbocycles. The summed E-state index contributed by atoms with van der Waals surface area (Å²) < 4.78 is 0. The molecule has 2 N–H and O–H groups in total. The number of nitrogens with zero attached hydrogens (tertiary/aromatic N) is 2. The summed E-state index contributed by atoms with van der Waals surface area (Å²) in [6, 6.07) is 7.21. The average molecular weight is 280 g/mol.